The van der Waals surface area contributed by atoms with Crippen LogP contribution in [0.4, 0.5) is 13.2 Å². The highest BCUT2D eigenvalue weighted by atomic mass is 19.4. The Morgan fingerprint density at radius 2 is 2.06 bits per heavy atom. The number of nitrogens with two attached hydrogens (primary N) is 1. The van der Waals surface area contributed by atoms with Gasteiger partial charge < -0.3 is 5.73 Å². The van der Waals surface area contributed by atoms with Crippen molar-refractivity contribution in [3.05, 3.63) is 34.9 Å². The van der Waals surface area contributed by atoms with Crippen molar-refractivity contribution in [3.63, 3.8) is 0 Å². The molecule has 1 aromatic carbocycles. The standard InChI is InChI=1S/C11H9F3N2O/c12-11(13,14)9-6-7(2-1-5-15)3-4-8(9)10(16)17/h3-4,6H,1-2H2,(H2,16,17). The maximum Gasteiger partial charge on any atom is 0.417 e. The zero-order valence-corrected chi connectivity index (χ0v) is 8.71. The van der Waals surface area contributed by atoms with Crippen LogP contribution in [-0.2, 0) is 12.6 Å². The summed E-state index contributed by atoms with van der Waals surface area (Å²) in [4.78, 5) is 10.9. The molecule has 0 aliphatic heterocycles. The minimum absolute atomic E-state index is 0.118. The van der Waals surface area contributed by atoms with Crippen molar-refractivity contribution >= 4 is 5.91 Å². The number of alkyl halides is 3. The summed E-state index contributed by atoms with van der Waals surface area (Å²) in [6.07, 6.45) is -4.31. The zero-order valence-electron chi connectivity index (χ0n) is 8.71. The predicted octanol–water partition coefficient (Wildman–Crippen LogP) is 2.26. The quantitative estimate of drug-likeness (QED) is 0.883. The van der Waals surface area contributed by atoms with Gasteiger partial charge in [0, 0.05) is 6.42 Å². The van der Waals surface area contributed by atoms with Gasteiger partial charge in [0.1, 0.15) is 0 Å². The Labute approximate surface area is 95.6 Å². The van der Waals surface area contributed by atoms with Crippen LogP contribution in [-0.4, -0.2) is 5.91 Å². The van der Waals surface area contributed by atoms with Crippen LogP contribution in [0, 0.1) is 11.3 Å². The van der Waals surface area contributed by atoms with E-state index in [2.05, 4.69) is 0 Å². The molecule has 17 heavy (non-hydrogen) atoms. The molecule has 0 radical (unpaired) electrons. The number of hydrogen-bond acceptors (Lipinski definition) is 2. The van der Waals surface area contributed by atoms with Gasteiger partial charge in [0.25, 0.3) is 0 Å². The van der Waals surface area contributed by atoms with E-state index in [4.69, 9.17) is 11.0 Å². The molecule has 6 heteroatoms. The fourth-order valence-electron chi connectivity index (χ4n) is 1.40. The Balaban J connectivity index is 3.21. The van der Waals surface area contributed by atoms with E-state index in [0.29, 0.717) is 5.56 Å². The molecule has 1 rings (SSSR count). The summed E-state index contributed by atoms with van der Waals surface area (Å²) in [5, 5.41) is 8.35. The molecule has 0 saturated heterocycles. The van der Waals surface area contributed by atoms with Crippen molar-refractivity contribution in [2.45, 2.75) is 19.0 Å². The van der Waals surface area contributed by atoms with E-state index in [0.717, 1.165) is 12.1 Å². The van der Waals surface area contributed by atoms with Gasteiger partial charge in [-0.25, -0.2) is 0 Å². The van der Waals surface area contributed by atoms with Crippen LogP contribution in [0.1, 0.15) is 27.9 Å². The SMILES string of the molecule is N#CCCc1ccc(C(N)=O)c(C(F)(F)F)c1. The number of primary amides is 1. The Morgan fingerprint density at radius 3 is 2.53 bits per heavy atom. The Morgan fingerprint density at radius 1 is 1.41 bits per heavy atom. The molecule has 0 fully saturated rings. The first-order chi connectivity index (χ1) is 7.86. The first-order valence-corrected chi connectivity index (χ1v) is 4.73. The maximum absolute atomic E-state index is 12.6. The summed E-state index contributed by atoms with van der Waals surface area (Å²) in [5.41, 5.74) is 3.61. The smallest absolute Gasteiger partial charge is 0.366 e. The summed E-state index contributed by atoms with van der Waals surface area (Å²) < 4.78 is 37.9. The number of amides is 1. The molecule has 0 aliphatic rings. The molecule has 0 heterocycles. The van der Waals surface area contributed by atoms with E-state index in [1.54, 1.807) is 0 Å². The van der Waals surface area contributed by atoms with Gasteiger partial charge in [-0.05, 0) is 24.1 Å². The van der Waals surface area contributed by atoms with Crippen molar-refractivity contribution < 1.29 is 18.0 Å². The lowest BCUT2D eigenvalue weighted by atomic mass is 10.0. The number of halogens is 3. The van der Waals surface area contributed by atoms with Gasteiger partial charge in [-0.3, -0.25) is 4.79 Å². The number of nitrogens with zero attached hydrogens (tertiary/aromatic N) is 1. The van der Waals surface area contributed by atoms with Gasteiger partial charge >= 0.3 is 6.18 Å². The monoisotopic (exact) mass is 242 g/mol. The summed E-state index contributed by atoms with van der Waals surface area (Å²) >= 11 is 0. The number of benzene rings is 1. The lowest BCUT2D eigenvalue weighted by Gasteiger charge is -2.12. The van der Waals surface area contributed by atoms with E-state index in [1.165, 1.54) is 6.07 Å². The highest BCUT2D eigenvalue weighted by Crippen LogP contribution is 2.32. The molecule has 0 spiro atoms. The molecule has 0 bridgehead atoms. The summed E-state index contributed by atoms with van der Waals surface area (Å²) in [6, 6.07) is 5.10. The molecule has 0 saturated carbocycles. The largest absolute Gasteiger partial charge is 0.417 e. The number of nitriles is 1. The number of hydrogen-bond donors (Lipinski definition) is 1. The molecule has 0 unspecified atom stereocenters. The van der Waals surface area contributed by atoms with Crippen molar-refractivity contribution in [2.75, 3.05) is 0 Å². The molecule has 0 aromatic heterocycles. The molecular weight excluding hydrogens is 233 g/mol. The van der Waals surface area contributed by atoms with Gasteiger partial charge in [-0.1, -0.05) is 6.07 Å². The molecule has 0 atom stereocenters. The van der Waals surface area contributed by atoms with Crippen molar-refractivity contribution in [2.24, 2.45) is 5.73 Å². The van der Waals surface area contributed by atoms with E-state index in [1.807, 2.05) is 6.07 Å². The summed E-state index contributed by atoms with van der Waals surface area (Å²) in [7, 11) is 0. The summed E-state index contributed by atoms with van der Waals surface area (Å²) in [6.45, 7) is 0. The third-order valence-electron chi connectivity index (χ3n) is 2.18. The average molecular weight is 242 g/mol. The number of carbonyl (C=O) groups is 1. The first-order valence-electron chi connectivity index (χ1n) is 4.73. The fraction of sp³-hybridized carbons (Fsp3) is 0.273. The van der Waals surface area contributed by atoms with Gasteiger partial charge in [0.15, 0.2) is 0 Å². The second-order valence-electron chi connectivity index (χ2n) is 3.40. The van der Waals surface area contributed by atoms with Gasteiger partial charge in [0.2, 0.25) is 5.91 Å². The van der Waals surface area contributed by atoms with Crippen molar-refractivity contribution in [1.29, 1.82) is 5.26 Å². The molecule has 90 valence electrons. The van der Waals surface area contributed by atoms with E-state index in [9.17, 15) is 18.0 Å². The molecule has 1 amide bonds. The predicted molar refractivity (Wildman–Crippen MR) is 53.9 cm³/mol. The topological polar surface area (TPSA) is 66.9 Å². The lowest BCUT2D eigenvalue weighted by Crippen LogP contribution is -2.19. The highest BCUT2D eigenvalue weighted by molar-refractivity contribution is 5.94. The van der Waals surface area contributed by atoms with Crippen molar-refractivity contribution in [1.82, 2.24) is 0 Å². The highest BCUT2D eigenvalue weighted by Gasteiger charge is 2.34. The average Bonchev–Trinajstić information content (AvgIpc) is 2.24. The van der Waals surface area contributed by atoms with Crippen LogP contribution in [0.25, 0.3) is 0 Å². The Hall–Kier alpha value is -2.03. The van der Waals surface area contributed by atoms with Crippen LogP contribution in [0.3, 0.4) is 0 Å². The first kappa shape index (κ1) is 13.0. The third kappa shape index (κ3) is 3.21. The van der Waals surface area contributed by atoms with Crippen molar-refractivity contribution in [3.8, 4) is 6.07 Å². The van der Waals surface area contributed by atoms with Crippen LogP contribution >= 0.6 is 0 Å². The van der Waals surface area contributed by atoms with Gasteiger partial charge in [-0.2, -0.15) is 18.4 Å². The third-order valence-corrected chi connectivity index (χ3v) is 2.18. The zero-order chi connectivity index (χ0) is 13.1. The molecule has 1 aromatic rings. The summed E-state index contributed by atoms with van der Waals surface area (Å²) in [5.74, 6) is -1.12. The van der Waals surface area contributed by atoms with Crippen LogP contribution < -0.4 is 5.73 Å². The number of carbonyl (C=O) groups excluding carboxylic acids is 1. The molecule has 0 aliphatic carbocycles. The molecule has 3 nitrogen and oxygen atoms in total. The molecule has 2 N–H and O–H groups in total. The van der Waals surface area contributed by atoms with Crippen LogP contribution in [0.5, 0.6) is 0 Å². The second kappa shape index (κ2) is 4.87. The number of aryl methyl sites for hydroxylation is 1. The van der Waals surface area contributed by atoms with Gasteiger partial charge in [-0.15, -0.1) is 0 Å². The lowest BCUT2D eigenvalue weighted by molar-refractivity contribution is -0.138. The Kier molecular flexibility index (Phi) is 3.73. The van der Waals surface area contributed by atoms with Crippen LogP contribution in [0.2, 0.25) is 0 Å². The Bertz CT molecular complexity index is 475. The van der Waals surface area contributed by atoms with Crippen LogP contribution in [0.15, 0.2) is 18.2 Å². The molecular formula is C11H9F3N2O. The van der Waals surface area contributed by atoms with Gasteiger partial charge in [0.05, 0.1) is 17.2 Å². The second-order valence-corrected chi connectivity index (χ2v) is 3.40. The van der Waals surface area contributed by atoms with E-state index in [-0.39, 0.29) is 12.8 Å². The van der Waals surface area contributed by atoms with E-state index < -0.39 is 23.2 Å². The van der Waals surface area contributed by atoms with E-state index >= 15 is 0 Å². The minimum atomic E-state index is -4.63. The number of rotatable bonds is 3. The minimum Gasteiger partial charge on any atom is -0.366 e. The maximum atomic E-state index is 12.6. The fourth-order valence-corrected chi connectivity index (χ4v) is 1.40. The normalized spacial score (nSPS) is 10.9.